The van der Waals surface area contributed by atoms with Gasteiger partial charge in [0.1, 0.15) is 6.34 Å². The molecule has 1 saturated heterocycles. The SMILES string of the molecule is O=C1CSC(=N/C=N/c2ccco2)N1. The fraction of sp³-hybridized carbons (Fsp3) is 0.125. The van der Waals surface area contributed by atoms with Gasteiger partial charge in [-0.2, -0.15) is 0 Å². The Labute approximate surface area is 84.3 Å². The molecule has 1 aliphatic rings. The third-order valence-electron chi connectivity index (χ3n) is 1.45. The summed E-state index contributed by atoms with van der Waals surface area (Å²) in [5.74, 6) is 0.886. The fourth-order valence-electron chi connectivity index (χ4n) is 0.876. The van der Waals surface area contributed by atoms with Crippen LogP contribution in [0.25, 0.3) is 0 Å². The maximum atomic E-state index is 10.8. The molecule has 0 unspecified atom stereocenters. The summed E-state index contributed by atoms with van der Waals surface area (Å²) in [5, 5.41) is 3.16. The zero-order valence-corrected chi connectivity index (χ0v) is 7.95. The molecule has 1 aliphatic heterocycles. The lowest BCUT2D eigenvalue weighted by Gasteiger charge is -1.88. The molecule has 0 aliphatic carbocycles. The lowest BCUT2D eigenvalue weighted by Crippen LogP contribution is -2.20. The molecule has 2 heterocycles. The van der Waals surface area contributed by atoms with Crippen molar-refractivity contribution in [3.63, 3.8) is 0 Å². The highest BCUT2D eigenvalue weighted by Gasteiger charge is 2.15. The van der Waals surface area contributed by atoms with Gasteiger partial charge in [-0.15, -0.1) is 0 Å². The summed E-state index contributed by atoms with van der Waals surface area (Å²) >= 11 is 1.36. The molecule has 0 spiro atoms. The highest BCUT2D eigenvalue weighted by molar-refractivity contribution is 8.15. The number of nitrogens with zero attached hydrogens (tertiary/aromatic N) is 2. The van der Waals surface area contributed by atoms with Crippen LogP contribution in [0.4, 0.5) is 5.88 Å². The molecule has 0 aromatic carbocycles. The molecule has 1 amide bonds. The van der Waals surface area contributed by atoms with E-state index in [1.807, 2.05) is 0 Å². The van der Waals surface area contributed by atoms with Crippen molar-refractivity contribution in [3.05, 3.63) is 18.4 Å². The summed E-state index contributed by atoms with van der Waals surface area (Å²) < 4.78 is 4.96. The third-order valence-corrected chi connectivity index (χ3v) is 2.34. The predicted molar refractivity (Wildman–Crippen MR) is 54.9 cm³/mol. The van der Waals surface area contributed by atoms with E-state index in [0.717, 1.165) is 0 Å². The number of carbonyl (C=O) groups is 1. The van der Waals surface area contributed by atoms with Gasteiger partial charge in [0.25, 0.3) is 0 Å². The number of thioether (sulfide) groups is 1. The average Bonchev–Trinajstić information content (AvgIpc) is 2.77. The van der Waals surface area contributed by atoms with Gasteiger partial charge in [-0.25, -0.2) is 9.98 Å². The zero-order chi connectivity index (χ0) is 9.80. The van der Waals surface area contributed by atoms with E-state index in [1.165, 1.54) is 24.4 Å². The van der Waals surface area contributed by atoms with E-state index in [2.05, 4.69) is 15.3 Å². The molecule has 1 aromatic rings. The number of aliphatic imine (C=N–C) groups is 2. The molecular formula is C8H7N3O2S. The second kappa shape index (κ2) is 4.10. The normalized spacial score (nSPS) is 19.4. The van der Waals surface area contributed by atoms with Crippen LogP contribution in [0.15, 0.2) is 32.8 Å². The molecule has 0 radical (unpaired) electrons. The molecule has 0 atom stereocenters. The highest BCUT2D eigenvalue weighted by Crippen LogP contribution is 2.11. The van der Waals surface area contributed by atoms with Crippen LogP contribution in [-0.4, -0.2) is 23.2 Å². The topological polar surface area (TPSA) is 67.0 Å². The van der Waals surface area contributed by atoms with Crippen molar-refractivity contribution in [2.75, 3.05) is 5.75 Å². The number of rotatable bonds is 2. The van der Waals surface area contributed by atoms with E-state index in [0.29, 0.717) is 16.8 Å². The maximum Gasteiger partial charge on any atom is 0.236 e. The van der Waals surface area contributed by atoms with E-state index in [9.17, 15) is 4.79 Å². The lowest BCUT2D eigenvalue weighted by atomic mass is 10.6. The maximum absolute atomic E-state index is 10.8. The van der Waals surface area contributed by atoms with Crippen molar-refractivity contribution in [1.29, 1.82) is 0 Å². The molecule has 14 heavy (non-hydrogen) atoms. The van der Waals surface area contributed by atoms with Gasteiger partial charge in [-0.1, -0.05) is 11.8 Å². The van der Waals surface area contributed by atoms with Gasteiger partial charge in [0.15, 0.2) is 5.17 Å². The Hall–Kier alpha value is -1.56. The number of amidine groups is 1. The van der Waals surface area contributed by atoms with Crippen LogP contribution >= 0.6 is 11.8 Å². The quantitative estimate of drug-likeness (QED) is 0.587. The molecule has 1 N–H and O–H groups in total. The first kappa shape index (κ1) is 9.01. The van der Waals surface area contributed by atoms with Crippen LogP contribution in [0, 0.1) is 0 Å². The number of nitrogens with one attached hydrogen (secondary N) is 1. The average molecular weight is 209 g/mol. The summed E-state index contributed by atoms with van der Waals surface area (Å²) in [7, 11) is 0. The van der Waals surface area contributed by atoms with Gasteiger partial charge in [-0.05, 0) is 6.07 Å². The van der Waals surface area contributed by atoms with E-state index >= 15 is 0 Å². The van der Waals surface area contributed by atoms with Crippen LogP contribution in [0.1, 0.15) is 0 Å². The Kier molecular flexibility index (Phi) is 2.64. The van der Waals surface area contributed by atoms with Crippen molar-refractivity contribution in [2.45, 2.75) is 0 Å². The van der Waals surface area contributed by atoms with Gasteiger partial charge in [0.2, 0.25) is 11.8 Å². The van der Waals surface area contributed by atoms with E-state index in [-0.39, 0.29) is 5.91 Å². The monoisotopic (exact) mass is 209 g/mol. The minimum Gasteiger partial charge on any atom is -0.447 e. The second-order valence-corrected chi connectivity index (χ2v) is 3.43. The number of hydrogen-bond acceptors (Lipinski definition) is 4. The minimum absolute atomic E-state index is 0.0276. The molecule has 72 valence electrons. The van der Waals surface area contributed by atoms with Crippen molar-refractivity contribution in [2.24, 2.45) is 9.98 Å². The molecule has 1 fully saturated rings. The minimum atomic E-state index is -0.0276. The van der Waals surface area contributed by atoms with Crippen molar-refractivity contribution >= 4 is 35.1 Å². The van der Waals surface area contributed by atoms with Gasteiger partial charge in [0, 0.05) is 6.07 Å². The van der Waals surface area contributed by atoms with E-state index < -0.39 is 0 Å². The Balaban J connectivity index is 1.96. The van der Waals surface area contributed by atoms with Gasteiger partial charge >= 0.3 is 0 Å². The molecule has 1 aromatic heterocycles. The van der Waals surface area contributed by atoms with Gasteiger partial charge in [-0.3, -0.25) is 4.79 Å². The summed E-state index contributed by atoms with van der Waals surface area (Å²) in [5.41, 5.74) is 0. The van der Waals surface area contributed by atoms with Crippen molar-refractivity contribution in [1.82, 2.24) is 5.32 Å². The third kappa shape index (κ3) is 2.23. The summed E-state index contributed by atoms with van der Waals surface area (Å²) in [6.45, 7) is 0. The van der Waals surface area contributed by atoms with Crippen LogP contribution < -0.4 is 5.32 Å². The largest absolute Gasteiger partial charge is 0.447 e. The first-order chi connectivity index (χ1) is 6.84. The van der Waals surface area contributed by atoms with Crippen molar-refractivity contribution < 1.29 is 9.21 Å². The Morgan fingerprint density at radius 3 is 3.21 bits per heavy atom. The summed E-state index contributed by atoms with van der Waals surface area (Å²) in [6, 6.07) is 3.46. The lowest BCUT2D eigenvalue weighted by molar-refractivity contribution is -0.116. The van der Waals surface area contributed by atoms with Gasteiger partial charge < -0.3 is 9.73 Å². The smallest absolute Gasteiger partial charge is 0.236 e. The molecule has 6 heteroatoms. The summed E-state index contributed by atoms with van der Waals surface area (Å²) in [6.07, 6.45) is 2.89. The molecule has 2 rings (SSSR count). The van der Waals surface area contributed by atoms with Crippen LogP contribution in [0.5, 0.6) is 0 Å². The molecule has 0 bridgehead atoms. The molecule has 0 saturated carbocycles. The first-order valence-electron chi connectivity index (χ1n) is 3.91. The Morgan fingerprint density at radius 2 is 2.57 bits per heavy atom. The fourth-order valence-corrected chi connectivity index (χ4v) is 1.52. The number of amides is 1. The van der Waals surface area contributed by atoms with Crippen LogP contribution in [-0.2, 0) is 4.79 Å². The Bertz CT molecular complexity index is 383. The van der Waals surface area contributed by atoms with E-state index in [4.69, 9.17) is 4.42 Å². The first-order valence-corrected chi connectivity index (χ1v) is 4.89. The Morgan fingerprint density at radius 1 is 1.64 bits per heavy atom. The molecular weight excluding hydrogens is 202 g/mol. The number of furan rings is 1. The number of carbonyl (C=O) groups excluding carboxylic acids is 1. The predicted octanol–water partition coefficient (Wildman–Crippen LogP) is 1.16. The van der Waals surface area contributed by atoms with E-state index in [1.54, 1.807) is 12.1 Å². The highest BCUT2D eigenvalue weighted by atomic mass is 32.2. The van der Waals surface area contributed by atoms with Crippen LogP contribution in [0.3, 0.4) is 0 Å². The zero-order valence-electron chi connectivity index (χ0n) is 7.14. The second-order valence-electron chi connectivity index (χ2n) is 2.47. The number of hydrogen-bond donors (Lipinski definition) is 1. The molecule has 5 nitrogen and oxygen atoms in total. The van der Waals surface area contributed by atoms with Crippen molar-refractivity contribution in [3.8, 4) is 0 Å². The van der Waals surface area contributed by atoms with Gasteiger partial charge in [0.05, 0.1) is 12.0 Å². The van der Waals surface area contributed by atoms with Crippen LogP contribution in [0.2, 0.25) is 0 Å². The summed E-state index contributed by atoms with van der Waals surface area (Å²) in [4.78, 5) is 18.6. The standard InChI is InChI=1S/C8H7N3O2S/c12-6-4-14-8(11-6)10-5-9-7-2-1-3-13-7/h1-3,5H,4H2,(H,9,10,11,12).